The molecule has 0 spiro atoms. The topological polar surface area (TPSA) is 91.7 Å². The molecule has 5 nitrogen and oxygen atoms in total. The first-order valence-corrected chi connectivity index (χ1v) is 7.86. The molecule has 0 aromatic rings. The molecule has 0 saturated carbocycles. The molecular weight excluding hydrogens is 272 g/mol. The molecule has 0 amide bonds. The Balaban J connectivity index is 4.57. The van der Waals surface area contributed by atoms with E-state index in [1.165, 1.54) is 0 Å². The van der Waals surface area contributed by atoms with Crippen molar-refractivity contribution in [2.24, 2.45) is 11.8 Å². The third kappa shape index (κ3) is 10.0. The number of rotatable bonds is 13. The predicted molar refractivity (Wildman–Crippen MR) is 80.2 cm³/mol. The molecule has 0 aromatic heterocycles. The van der Waals surface area contributed by atoms with Gasteiger partial charge in [-0.25, -0.2) is 0 Å². The van der Waals surface area contributed by atoms with Gasteiger partial charge in [-0.3, -0.25) is 14.4 Å². The van der Waals surface area contributed by atoms with Crippen LogP contribution in [0.15, 0.2) is 0 Å². The van der Waals surface area contributed by atoms with Gasteiger partial charge in [0.2, 0.25) is 0 Å². The summed E-state index contributed by atoms with van der Waals surface area (Å²) in [5.41, 5.74) is 0. The lowest BCUT2D eigenvalue weighted by molar-refractivity contribution is -0.137. The lowest BCUT2D eigenvalue weighted by Crippen LogP contribution is -2.20. The number of hydrogen-bond donors (Lipinski definition) is 2. The van der Waals surface area contributed by atoms with Gasteiger partial charge in [0.05, 0.1) is 0 Å². The van der Waals surface area contributed by atoms with Gasteiger partial charge in [-0.1, -0.05) is 39.5 Å². The highest BCUT2D eigenvalue weighted by Gasteiger charge is 2.23. The van der Waals surface area contributed by atoms with Crippen molar-refractivity contribution in [3.8, 4) is 0 Å². The van der Waals surface area contributed by atoms with E-state index in [1.807, 2.05) is 0 Å². The summed E-state index contributed by atoms with van der Waals surface area (Å²) in [5, 5.41) is 17.5. The summed E-state index contributed by atoms with van der Waals surface area (Å²) >= 11 is 0. The fourth-order valence-electron chi connectivity index (χ4n) is 2.68. The van der Waals surface area contributed by atoms with Crippen molar-refractivity contribution < 1.29 is 24.6 Å². The number of hydrogen-bond acceptors (Lipinski definition) is 3. The third-order valence-electron chi connectivity index (χ3n) is 3.75. The first-order chi connectivity index (χ1) is 9.90. The second-order valence-electron chi connectivity index (χ2n) is 5.68. The molecule has 0 atom stereocenters. The van der Waals surface area contributed by atoms with Crippen molar-refractivity contribution >= 4 is 17.7 Å². The van der Waals surface area contributed by atoms with Crippen LogP contribution in [0.1, 0.15) is 71.6 Å². The summed E-state index contributed by atoms with van der Waals surface area (Å²) in [6.07, 6.45) is 4.79. The number of carboxylic acid groups (broad SMARTS) is 2. The van der Waals surface area contributed by atoms with Crippen molar-refractivity contribution in [3.63, 3.8) is 0 Å². The van der Waals surface area contributed by atoms with Crippen molar-refractivity contribution in [3.05, 3.63) is 0 Å². The minimum Gasteiger partial charge on any atom is -0.481 e. The zero-order valence-electron chi connectivity index (χ0n) is 13.1. The van der Waals surface area contributed by atoms with Gasteiger partial charge in [0.1, 0.15) is 5.78 Å². The second kappa shape index (κ2) is 11.3. The maximum atomic E-state index is 12.3. The monoisotopic (exact) mass is 300 g/mol. The molecule has 0 heterocycles. The minimum absolute atomic E-state index is 0.0319. The lowest BCUT2D eigenvalue weighted by atomic mass is 9.85. The van der Waals surface area contributed by atoms with Crippen molar-refractivity contribution in [1.82, 2.24) is 0 Å². The number of Topliss-reactive ketones (excluding diaryl/α,β-unsaturated/α-hetero) is 1. The van der Waals surface area contributed by atoms with Gasteiger partial charge >= 0.3 is 11.9 Å². The van der Waals surface area contributed by atoms with Crippen LogP contribution in [0.4, 0.5) is 0 Å². The SMILES string of the molecule is CCCC(CCC)CC(=O)C(CCC(=O)O)CCC(=O)O. The predicted octanol–water partition coefficient (Wildman–Crippen LogP) is 3.51. The molecule has 0 rings (SSSR count). The zero-order valence-corrected chi connectivity index (χ0v) is 13.1. The largest absolute Gasteiger partial charge is 0.481 e. The van der Waals surface area contributed by atoms with Gasteiger partial charge in [-0.2, -0.15) is 0 Å². The Morgan fingerprint density at radius 2 is 1.24 bits per heavy atom. The first-order valence-electron chi connectivity index (χ1n) is 7.86. The van der Waals surface area contributed by atoms with Crippen LogP contribution in [0.25, 0.3) is 0 Å². The standard InChI is InChI=1S/C16H28O5/c1-3-5-12(6-4-2)11-14(17)13(7-9-15(18)19)8-10-16(20)21/h12-13H,3-11H2,1-2H3,(H,18,19)(H,20,21). The van der Waals surface area contributed by atoms with Crippen molar-refractivity contribution in [1.29, 1.82) is 0 Å². The Morgan fingerprint density at radius 3 is 1.57 bits per heavy atom. The fourth-order valence-corrected chi connectivity index (χ4v) is 2.68. The summed E-state index contributed by atoms with van der Waals surface area (Å²) in [6, 6.07) is 0. The molecule has 21 heavy (non-hydrogen) atoms. The van der Waals surface area contributed by atoms with Crippen molar-refractivity contribution in [2.75, 3.05) is 0 Å². The van der Waals surface area contributed by atoms with Gasteiger partial charge < -0.3 is 10.2 Å². The maximum absolute atomic E-state index is 12.3. The summed E-state index contributed by atoms with van der Waals surface area (Å²) in [5.74, 6) is -1.95. The zero-order chi connectivity index (χ0) is 16.3. The molecule has 2 N–H and O–H groups in total. The van der Waals surface area contributed by atoms with E-state index in [0.29, 0.717) is 12.3 Å². The van der Waals surface area contributed by atoms with Crippen LogP contribution < -0.4 is 0 Å². The Hall–Kier alpha value is -1.39. The molecule has 0 radical (unpaired) electrons. The van der Waals surface area contributed by atoms with Gasteiger partial charge in [0, 0.05) is 25.2 Å². The molecule has 0 bridgehead atoms. The molecule has 5 heteroatoms. The van der Waals surface area contributed by atoms with Crippen LogP contribution in [-0.4, -0.2) is 27.9 Å². The first kappa shape index (κ1) is 19.6. The minimum atomic E-state index is -0.943. The molecule has 0 unspecified atom stereocenters. The van der Waals surface area contributed by atoms with E-state index in [4.69, 9.17) is 10.2 Å². The smallest absolute Gasteiger partial charge is 0.303 e. The summed E-state index contributed by atoms with van der Waals surface area (Å²) in [7, 11) is 0. The van der Waals surface area contributed by atoms with Gasteiger partial charge in [-0.05, 0) is 18.8 Å². The van der Waals surface area contributed by atoms with E-state index in [-0.39, 0.29) is 31.5 Å². The van der Waals surface area contributed by atoms with Gasteiger partial charge in [-0.15, -0.1) is 0 Å². The highest BCUT2D eigenvalue weighted by molar-refractivity contribution is 5.82. The summed E-state index contributed by atoms with van der Waals surface area (Å²) in [4.78, 5) is 33.7. The number of carboxylic acids is 2. The number of carbonyl (C=O) groups excluding carboxylic acids is 1. The third-order valence-corrected chi connectivity index (χ3v) is 3.75. The molecule has 122 valence electrons. The average molecular weight is 300 g/mol. The molecule has 0 aliphatic carbocycles. The summed E-state index contributed by atoms with van der Waals surface area (Å²) < 4.78 is 0. The van der Waals surface area contributed by atoms with Crippen LogP contribution in [0.3, 0.4) is 0 Å². The lowest BCUT2D eigenvalue weighted by Gasteiger charge is -2.19. The molecular formula is C16H28O5. The van der Waals surface area contributed by atoms with E-state index >= 15 is 0 Å². The average Bonchev–Trinajstić information content (AvgIpc) is 2.38. The molecule has 0 saturated heterocycles. The number of carbonyl (C=O) groups is 3. The van der Waals surface area contributed by atoms with Crippen LogP contribution in [0.2, 0.25) is 0 Å². The fraction of sp³-hybridized carbons (Fsp3) is 0.812. The Kier molecular flexibility index (Phi) is 10.5. The van der Waals surface area contributed by atoms with Gasteiger partial charge in [0.15, 0.2) is 0 Å². The van der Waals surface area contributed by atoms with Crippen LogP contribution >= 0.6 is 0 Å². The van der Waals surface area contributed by atoms with E-state index < -0.39 is 17.9 Å². The highest BCUT2D eigenvalue weighted by atomic mass is 16.4. The van der Waals surface area contributed by atoms with Crippen LogP contribution in [0.5, 0.6) is 0 Å². The Bertz CT molecular complexity index is 314. The van der Waals surface area contributed by atoms with E-state index in [1.54, 1.807) is 0 Å². The highest BCUT2D eigenvalue weighted by Crippen LogP contribution is 2.24. The van der Waals surface area contributed by atoms with Crippen LogP contribution in [0, 0.1) is 11.8 Å². The van der Waals surface area contributed by atoms with Gasteiger partial charge in [0.25, 0.3) is 0 Å². The quantitative estimate of drug-likeness (QED) is 0.543. The van der Waals surface area contributed by atoms with E-state index in [0.717, 1.165) is 25.7 Å². The molecule has 0 fully saturated rings. The van der Waals surface area contributed by atoms with Crippen molar-refractivity contribution in [2.45, 2.75) is 71.6 Å². The van der Waals surface area contributed by atoms with Crippen LogP contribution in [-0.2, 0) is 14.4 Å². The molecule has 0 aromatic carbocycles. The summed E-state index contributed by atoms with van der Waals surface area (Å²) in [6.45, 7) is 4.17. The molecule has 0 aliphatic rings. The second-order valence-corrected chi connectivity index (χ2v) is 5.68. The number of ketones is 1. The number of aliphatic carboxylic acids is 2. The maximum Gasteiger partial charge on any atom is 0.303 e. The van der Waals surface area contributed by atoms with E-state index in [9.17, 15) is 14.4 Å². The Labute approximate surface area is 126 Å². The Morgan fingerprint density at radius 1 is 0.810 bits per heavy atom. The normalized spacial score (nSPS) is 11.0. The van der Waals surface area contributed by atoms with E-state index in [2.05, 4.69) is 13.8 Å². The molecule has 0 aliphatic heterocycles.